The highest BCUT2D eigenvalue weighted by Gasteiger charge is 2.42. The summed E-state index contributed by atoms with van der Waals surface area (Å²) < 4.78 is 4.70. The van der Waals surface area contributed by atoms with Crippen LogP contribution in [0, 0.1) is 16.7 Å². The van der Waals surface area contributed by atoms with Gasteiger partial charge in [0.2, 0.25) is 0 Å². The Morgan fingerprint density at radius 3 is 1.60 bits per heavy atom. The summed E-state index contributed by atoms with van der Waals surface area (Å²) in [6.07, 6.45) is 0. The summed E-state index contributed by atoms with van der Waals surface area (Å²) in [5, 5.41) is 0. The van der Waals surface area contributed by atoms with Crippen LogP contribution in [0.2, 0.25) is 0 Å². The lowest BCUT2D eigenvalue weighted by Gasteiger charge is -2.31. The normalized spacial score (nSPS) is 14.6. The molecule has 0 heterocycles. The van der Waals surface area contributed by atoms with Crippen molar-refractivity contribution in [1.29, 1.82) is 0 Å². The molecule has 15 heavy (non-hydrogen) atoms. The van der Waals surface area contributed by atoms with Gasteiger partial charge in [-0.1, -0.05) is 41.5 Å². The molecule has 0 aromatic rings. The second-order valence-electron chi connectivity index (χ2n) is 5.94. The molecule has 88 valence electrons. The van der Waals surface area contributed by atoms with E-state index in [0.717, 1.165) is 0 Å². The van der Waals surface area contributed by atoms with E-state index in [1.165, 1.54) is 7.11 Å². The first-order valence-corrected chi connectivity index (χ1v) is 5.14. The van der Waals surface area contributed by atoms with Crippen LogP contribution < -0.4 is 0 Å². The molecule has 0 bridgehead atoms. The molecule has 0 rings (SSSR count). The van der Waals surface area contributed by atoms with Gasteiger partial charge in [0.25, 0.3) is 0 Å². The van der Waals surface area contributed by atoms with Crippen molar-refractivity contribution in [3.63, 3.8) is 0 Å². The number of ether oxygens (including phenoxy) is 1. The molecule has 0 spiro atoms. The predicted molar refractivity (Wildman–Crippen MR) is 59.4 cm³/mol. The van der Waals surface area contributed by atoms with E-state index < -0.39 is 22.7 Å². The Balaban J connectivity index is 5.15. The number of esters is 1. The van der Waals surface area contributed by atoms with Gasteiger partial charge in [0.05, 0.1) is 7.11 Å². The molecule has 0 aromatic carbocycles. The Labute approximate surface area is 92.2 Å². The topological polar surface area (TPSA) is 43.4 Å². The molecule has 0 saturated heterocycles. The van der Waals surface area contributed by atoms with Gasteiger partial charge in [-0.05, 0) is 5.41 Å². The van der Waals surface area contributed by atoms with Gasteiger partial charge in [-0.2, -0.15) is 0 Å². The largest absolute Gasteiger partial charge is 0.468 e. The van der Waals surface area contributed by atoms with E-state index in [9.17, 15) is 9.59 Å². The van der Waals surface area contributed by atoms with E-state index in [-0.39, 0.29) is 5.78 Å². The second-order valence-corrected chi connectivity index (χ2v) is 5.94. The second kappa shape index (κ2) is 4.33. The number of hydrogen-bond acceptors (Lipinski definition) is 3. The molecule has 3 nitrogen and oxygen atoms in total. The Hall–Kier alpha value is -0.860. The van der Waals surface area contributed by atoms with E-state index in [1.807, 2.05) is 41.5 Å². The Bertz CT molecular complexity index is 253. The smallest absolute Gasteiger partial charge is 0.316 e. The standard InChI is InChI=1S/C12H22O3/c1-11(2,3)8(10(14)15-7)9(13)12(4,5)6/h8H,1-7H3. The van der Waals surface area contributed by atoms with E-state index in [2.05, 4.69) is 0 Å². The van der Waals surface area contributed by atoms with Crippen LogP contribution in [0.3, 0.4) is 0 Å². The van der Waals surface area contributed by atoms with E-state index in [4.69, 9.17) is 4.74 Å². The molecule has 0 aliphatic heterocycles. The van der Waals surface area contributed by atoms with Crippen LogP contribution in [0.25, 0.3) is 0 Å². The molecular formula is C12H22O3. The maximum absolute atomic E-state index is 12.1. The monoisotopic (exact) mass is 214 g/mol. The molecule has 3 heteroatoms. The fourth-order valence-electron chi connectivity index (χ4n) is 1.40. The lowest BCUT2D eigenvalue weighted by Crippen LogP contribution is -2.42. The minimum absolute atomic E-state index is 0.0677. The van der Waals surface area contributed by atoms with E-state index in [1.54, 1.807) is 0 Å². The first-order chi connectivity index (χ1) is 6.51. The summed E-state index contributed by atoms with van der Waals surface area (Å²) >= 11 is 0. The number of ketones is 1. The zero-order valence-corrected chi connectivity index (χ0v) is 10.8. The predicted octanol–water partition coefficient (Wildman–Crippen LogP) is 2.44. The highest BCUT2D eigenvalue weighted by atomic mass is 16.5. The summed E-state index contributed by atoms with van der Waals surface area (Å²) in [5.74, 6) is -1.20. The zero-order valence-electron chi connectivity index (χ0n) is 10.8. The van der Waals surface area contributed by atoms with Crippen LogP contribution in [-0.4, -0.2) is 18.9 Å². The first-order valence-electron chi connectivity index (χ1n) is 5.14. The maximum atomic E-state index is 12.1. The average molecular weight is 214 g/mol. The van der Waals surface area contributed by atoms with Gasteiger partial charge in [-0.15, -0.1) is 0 Å². The number of carbonyl (C=O) groups excluding carboxylic acids is 2. The number of rotatable bonds is 2. The van der Waals surface area contributed by atoms with Crippen molar-refractivity contribution >= 4 is 11.8 Å². The third-order valence-corrected chi connectivity index (χ3v) is 2.30. The van der Waals surface area contributed by atoms with Crippen molar-refractivity contribution in [2.45, 2.75) is 41.5 Å². The Kier molecular flexibility index (Phi) is 4.08. The van der Waals surface area contributed by atoms with Gasteiger partial charge in [0.15, 0.2) is 5.78 Å². The van der Waals surface area contributed by atoms with Crippen molar-refractivity contribution in [2.75, 3.05) is 7.11 Å². The lowest BCUT2D eigenvalue weighted by molar-refractivity contribution is -0.156. The number of methoxy groups -OCH3 is 1. The molecule has 0 saturated carbocycles. The molecule has 1 atom stereocenters. The fraction of sp³-hybridized carbons (Fsp3) is 0.833. The Morgan fingerprint density at radius 2 is 1.40 bits per heavy atom. The Morgan fingerprint density at radius 1 is 1.00 bits per heavy atom. The van der Waals surface area contributed by atoms with Gasteiger partial charge < -0.3 is 4.74 Å². The lowest BCUT2D eigenvalue weighted by atomic mass is 9.71. The van der Waals surface area contributed by atoms with Gasteiger partial charge in [-0.3, -0.25) is 9.59 Å². The van der Waals surface area contributed by atoms with Gasteiger partial charge in [0.1, 0.15) is 5.92 Å². The van der Waals surface area contributed by atoms with Crippen LogP contribution in [0.1, 0.15) is 41.5 Å². The van der Waals surface area contributed by atoms with Crippen LogP contribution in [0.15, 0.2) is 0 Å². The maximum Gasteiger partial charge on any atom is 0.316 e. The molecule has 1 unspecified atom stereocenters. The minimum atomic E-state index is -0.692. The van der Waals surface area contributed by atoms with Gasteiger partial charge in [-0.25, -0.2) is 0 Å². The molecule has 0 fully saturated rings. The molecule has 0 aliphatic rings. The minimum Gasteiger partial charge on any atom is -0.468 e. The summed E-state index contributed by atoms with van der Waals surface area (Å²) in [6.45, 7) is 11.1. The SMILES string of the molecule is COC(=O)C(C(=O)C(C)(C)C)C(C)(C)C. The van der Waals surface area contributed by atoms with Gasteiger partial charge >= 0.3 is 5.97 Å². The van der Waals surface area contributed by atoms with Crippen molar-refractivity contribution in [3.05, 3.63) is 0 Å². The summed E-state index contributed by atoms with van der Waals surface area (Å²) in [7, 11) is 1.32. The van der Waals surface area contributed by atoms with Crippen LogP contribution in [0.4, 0.5) is 0 Å². The summed E-state index contributed by atoms with van der Waals surface area (Å²) in [6, 6.07) is 0. The average Bonchev–Trinajstić information content (AvgIpc) is 1.99. The van der Waals surface area contributed by atoms with E-state index in [0.29, 0.717) is 0 Å². The highest BCUT2D eigenvalue weighted by Crippen LogP contribution is 2.33. The molecule has 0 radical (unpaired) electrons. The first kappa shape index (κ1) is 14.1. The van der Waals surface area contributed by atoms with E-state index >= 15 is 0 Å². The van der Waals surface area contributed by atoms with Crippen LogP contribution in [0.5, 0.6) is 0 Å². The highest BCUT2D eigenvalue weighted by molar-refractivity contribution is 6.02. The summed E-state index contributed by atoms with van der Waals surface area (Å²) in [5.41, 5.74) is -0.927. The van der Waals surface area contributed by atoms with Gasteiger partial charge in [0, 0.05) is 5.41 Å². The zero-order chi connectivity index (χ0) is 12.4. The number of Topliss-reactive ketones (excluding diaryl/α,β-unsaturated/α-hetero) is 1. The fourth-order valence-corrected chi connectivity index (χ4v) is 1.40. The molecule has 0 aromatic heterocycles. The van der Waals surface area contributed by atoms with Crippen LogP contribution >= 0.6 is 0 Å². The van der Waals surface area contributed by atoms with Crippen molar-refractivity contribution in [1.82, 2.24) is 0 Å². The van der Waals surface area contributed by atoms with Crippen LogP contribution in [-0.2, 0) is 14.3 Å². The van der Waals surface area contributed by atoms with Crippen molar-refractivity contribution < 1.29 is 14.3 Å². The molecule has 0 N–H and O–H groups in total. The quantitative estimate of drug-likeness (QED) is 0.524. The van der Waals surface area contributed by atoms with Crippen molar-refractivity contribution in [3.8, 4) is 0 Å². The van der Waals surface area contributed by atoms with Crippen molar-refractivity contribution in [2.24, 2.45) is 16.7 Å². The number of hydrogen-bond donors (Lipinski definition) is 0. The molecular weight excluding hydrogens is 192 g/mol. The third-order valence-electron chi connectivity index (χ3n) is 2.30. The molecule has 0 amide bonds. The number of carbonyl (C=O) groups is 2. The summed E-state index contributed by atoms with van der Waals surface area (Å²) in [4.78, 5) is 23.7. The molecule has 0 aliphatic carbocycles. The third kappa shape index (κ3) is 3.65.